The highest BCUT2D eigenvalue weighted by molar-refractivity contribution is 6.26. The molecular formula is C23H20O3. The molecule has 0 heterocycles. The van der Waals surface area contributed by atoms with Crippen molar-refractivity contribution in [1.82, 2.24) is 0 Å². The van der Waals surface area contributed by atoms with Gasteiger partial charge in [0.15, 0.2) is 5.78 Å². The van der Waals surface area contributed by atoms with Gasteiger partial charge >= 0.3 is 5.97 Å². The van der Waals surface area contributed by atoms with Gasteiger partial charge in [0.25, 0.3) is 0 Å². The van der Waals surface area contributed by atoms with Crippen LogP contribution < -0.4 is 0 Å². The van der Waals surface area contributed by atoms with Crippen LogP contribution in [-0.4, -0.2) is 18.9 Å². The molecule has 2 aromatic rings. The monoisotopic (exact) mass is 344 g/mol. The summed E-state index contributed by atoms with van der Waals surface area (Å²) in [4.78, 5) is 25.1. The van der Waals surface area contributed by atoms with Gasteiger partial charge in [0.05, 0.1) is 7.11 Å². The van der Waals surface area contributed by atoms with Crippen molar-refractivity contribution in [3.05, 3.63) is 76.4 Å². The van der Waals surface area contributed by atoms with Gasteiger partial charge in [-0.2, -0.15) is 0 Å². The quantitative estimate of drug-likeness (QED) is 0.209. The molecule has 130 valence electrons. The van der Waals surface area contributed by atoms with Gasteiger partial charge in [0.2, 0.25) is 0 Å². The third-order valence-electron chi connectivity index (χ3n) is 4.21. The van der Waals surface area contributed by atoms with Gasteiger partial charge in [-0.15, -0.1) is 0 Å². The lowest BCUT2D eigenvalue weighted by atomic mass is 9.98. The van der Waals surface area contributed by atoms with E-state index in [0.29, 0.717) is 11.5 Å². The summed E-state index contributed by atoms with van der Waals surface area (Å²) < 4.78 is 4.83. The highest BCUT2D eigenvalue weighted by Gasteiger charge is 2.21. The van der Waals surface area contributed by atoms with Crippen LogP contribution in [0.25, 0.3) is 6.08 Å². The molecule has 3 nitrogen and oxygen atoms in total. The third-order valence-corrected chi connectivity index (χ3v) is 4.21. The maximum Gasteiger partial charge on any atom is 0.341 e. The SMILES string of the molecule is COC(=O)/C(=C/c1ccccc1C#CC1CC1)C(=O)c1ccc(C)cc1. The molecule has 1 aliphatic rings. The number of methoxy groups -OCH3 is 1. The fourth-order valence-electron chi connectivity index (χ4n) is 2.49. The summed E-state index contributed by atoms with van der Waals surface area (Å²) in [5, 5.41) is 0. The minimum atomic E-state index is -0.652. The highest BCUT2D eigenvalue weighted by Crippen LogP contribution is 2.28. The smallest absolute Gasteiger partial charge is 0.341 e. The van der Waals surface area contributed by atoms with Crippen molar-refractivity contribution >= 4 is 17.8 Å². The average molecular weight is 344 g/mol. The molecule has 26 heavy (non-hydrogen) atoms. The molecule has 0 saturated heterocycles. The summed E-state index contributed by atoms with van der Waals surface area (Å²) in [5.74, 6) is 5.84. The Morgan fingerprint density at radius 2 is 1.77 bits per heavy atom. The van der Waals surface area contributed by atoms with Gasteiger partial charge in [-0.1, -0.05) is 59.9 Å². The van der Waals surface area contributed by atoms with Crippen molar-refractivity contribution in [3.63, 3.8) is 0 Å². The van der Waals surface area contributed by atoms with E-state index in [1.807, 2.05) is 43.3 Å². The number of ketones is 1. The minimum absolute atomic E-state index is 0.00275. The van der Waals surface area contributed by atoms with Gasteiger partial charge in [-0.25, -0.2) is 4.79 Å². The van der Waals surface area contributed by atoms with Crippen molar-refractivity contribution in [2.45, 2.75) is 19.8 Å². The zero-order valence-corrected chi connectivity index (χ0v) is 14.9. The number of aryl methyl sites for hydroxylation is 1. The molecule has 1 aliphatic carbocycles. The van der Waals surface area contributed by atoms with Crippen LogP contribution in [0.4, 0.5) is 0 Å². The fourth-order valence-corrected chi connectivity index (χ4v) is 2.49. The van der Waals surface area contributed by atoms with E-state index in [-0.39, 0.29) is 11.4 Å². The Kier molecular flexibility index (Phi) is 5.34. The summed E-state index contributed by atoms with van der Waals surface area (Å²) in [5.41, 5.74) is 3.04. The molecule has 0 radical (unpaired) electrons. The molecule has 0 spiro atoms. The van der Waals surface area contributed by atoms with E-state index < -0.39 is 5.97 Å². The zero-order valence-electron chi connectivity index (χ0n) is 14.9. The highest BCUT2D eigenvalue weighted by atomic mass is 16.5. The Morgan fingerprint density at radius 1 is 1.08 bits per heavy atom. The number of hydrogen-bond acceptors (Lipinski definition) is 3. The van der Waals surface area contributed by atoms with Crippen LogP contribution in [0.2, 0.25) is 0 Å². The van der Waals surface area contributed by atoms with Crippen LogP contribution in [0.1, 0.15) is 39.9 Å². The minimum Gasteiger partial charge on any atom is -0.465 e. The molecule has 0 aromatic heterocycles. The van der Waals surface area contributed by atoms with E-state index in [2.05, 4.69) is 11.8 Å². The number of carbonyl (C=O) groups excluding carboxylic acids is 2. The Bertz CT molecular complexity index is 920. The summed E-state index contributed by atoms with van der Waals surface area (Å²) in [6.07, 6.45) is 3.86. The second-order valence-electron chi connectivity index (χ2n) is 6.38. The number of carbonyl (C=O) groups is 2. The molecule has 0 bridgehead atoms. The predicted octanol–water partition coefficient (Wildman–Crippen LogP) is 4.20. The number of Topliss-reactive ketones (excluding diaryl/α,β-unsaturated/α-hetero) is 1. The Hall–Kier alpha value is -3.12. The van der Waals surface area contributed by atoms with Crippen LogP contribution in [0.3, 0.4) is 0 Å². The van der Waals surface area contributed by atoms with Gasteiger partial charge in [0, 0.05) is 17.0 Å². The Labute approximate surface area is 153 Å². The first-order valence-electron chi connectivity index (χ1n) is 8.60. The van der Waals surface area contributed by atoms with Crippen molar-refractivity contribution < 1.29 is 14.3 Å². The van der Waals surface area contributed by atoms with Crippen molar-refractivity contribution in [2.75, 3.05) is 7.11 Å². The average Bonchev–Trinajstić information content (AvgIpc) is 3.49. The van der Waals surface area contributed by atoms with E-state index in [0.717, 1.165) is 29.5 Å². The molecule has 3 heteroatoms. The van der Waals surface area contributed by atoms with E-state index >= 15 is 0 Å². The summed E-state index contributed by atoms with van der Waals surface area (Å²) in [6.45, 7) is 1.94. The molecule has 0 unspecified atom stereocenters. The fraction of sp³-hybridized carbons (Fsp3) is 0.217. The molecule has 3 rings (SSSR count). The second-order valence-corrected chi connectivity index (χ2v) is 6.38. The lowest BCUT2D eigenvalue weighted by molar-refractivity contribution is -0.135. The predicted molar refractivity (Wildman–Crippen MR) is 102 cm³/mol. The summed E-state index contributed by atoms with van der Waals surface area (Å²) in [7, 11) is 1.28. The van der Waals surface area contributed by atoms with E-state index in [9.17, 15) is 9.59 Å². The van der Waals surface area contributed by atoms with Gasteiger partial charge in [-0.3, -0.25) is 4.79 Å². The topological polar surface area (TPSA) is 43.4 Å². The van der Waals surface area contributed by atoms with Gasteiger partial charge in [0.1, 0.15) is 5.57 Å². The summed E-state index contributed by atoms with van der Waals surface area (Å²) in [6, 6.07) is 14.6. The molecule has 0 N–H and O–H groups in total. The third kappa shape index (κ3) is 4.29. The number of esters is 1. The molecule has 0 aliphatic heterocycles. The number of hydrogen-bond donors (Lipinski definition) is 0. The van der Waals surface area contributed by atoms with E-state index in [1.165, 1.54) is 7.11 Å². The zero-order chi connectivity index (χ0) is 18.5. The molecule has 1 fully saturated rings. The van der Waals surface area contributed by atoms with E-state index in [1.54, 1.807) is 18.2 Å². The van der Waals surface area contributed by atoms with Gasteiger partial charge < -0.3 is 4.74 Å². The first-order valence-corrected chi connectivity index (χ1v) is 8.60. The van der Waals surface area contributed by atoms with Crippen LogP contribution in [-0.2, 0) is 9.53 Å². The van der Waals surface area contributed by atoms with Crippen molar-refractivity contribution in [1.29, 1.82) is 0 Å². The maximum atomic E-state index is 12.8. The first-order chi connectivity index (χ1) is 12.6. The van der Waals surface area contributed by atoms with E-state index in [4.69, 9.17) is 4.74 Å². The van der Waals surface area contributed by atoms with Crippen molar-refractivity contribution in [3.8, 4) is 11.8 Å². The van der Waals surface area contributed by atoms with Crippen LogP contribution in [0.5, 0.6) is 0 Å². The second kappa shape index (κ2) is 7.84. The number of ether oxygens (including phenoxy) is 1. The largest absolute Gasteiger partial charge is 0.465 e. The van der Waals surface area contributed by atoms with Gasteiger partial charge in [-0.05, 0) is 37.5 Å². The van der Waals surface area contributed by atoms with Crippen LogP contribution in [0.15, 0.2) is 54.1 Å². The lowest BCUT2D eigenvalue weighted by Gasteiger charge is -2.07. The van der Waals surface area contributed by atoms with Crippen molar-refractivity contribution in [2.24, 2.45) is 5.92 Å². The van der Waals surface area contributed by atoms with Crippen LogP contribution >= 0.6 is 0 Å². The molecule has 0 amide bonds. The normalized spacial score (nSPS) is 13.5. The first kappa shape index (κ1) is 17.7. The number of rotatable bonds is 4. The lowest BCUT2D eigenvalue weighted by Crippen LogP contribution is -2.15. The molecule has 2 aromatic carbocycles. The Morgan fingerprint density at radius 3 is 2.42 bits per heavy atom. The number of benzene rings is 2. The maximum absolute atomic E-state index is 12.8. The van der Waals surface area contributed by atoms with Crippen LogP contribution in [0, 0.1) is 24.7 Å². The standard InChI is InChI=1S/C23H20O3/c1-16-7-12-19(13-8-16)22(24)21(23(25)26-2)15-20-6-4-3-5-18(20)14-11-17-9-10-17/h3-8,12-13,15,17H,9-10H2,1-2H3/b21-15+. The Balaban J connectivity index is 2.00. The molecule has 1 saturated carbocycles. The molecular weight excluding hydrogens is 324 g/mol. The summed E-state index contributed by atoms with van der Waals surface area (Å²) >= 11 is 0. The molecule has 0 atom stereocenters.